The van der Waals surface area contributed by atoms with E-state index in [-0.39, 0.29) is 18.0 Å². The predicted octanol–water partition coefficient (Wildman–Crippen LogP) is 7.62. The molecule has 1 amide bonds. The molecule has 0 saturated carbocycles. The SMILES string of the molecule is COc1cc(N2C(=S)N[C@H](c3ccccn3)[C@@H]2c2cc(C)n(-c3cccc(Cl)c3C)c2C)ccc1NC(=O)C(C)(C)C. The zero-order chi connectivity index (χ0) is 30.3. The zero-order valence-corrected chi connectivity index (χ0v) is 26.5. The number of thiocarbonyl (C=S) groups is 1. The van der Waals surface area contributed by atoms with Gasteiger partial charge in [0.25, 0.3) is 0 Å². The second-order valence-electron chi connectivity index (χ2n) is 11.6. The van der Waals surface area contributed by atoms with Gasteiger partial charge in [0, 0.05) is 45.5 Å². The normalized spacial score (nSPS) is 16.9. The lowest BCUT2D eigenvalue weighted by molar-refractivity contribution is -0.123. The van der Waals surface area contributed by atoms with Gasteiger partial charge in [0.1, 0.15) is 5.75 Å². The van der Waals surface area contributed by atoms with Crippen LogP contribution in [-0.2, 0) is 4.79 Å². The second kappa shape index (κ2) is 11.4. The Kier molecular flexibility index (Phi) is 8.05. The van der Waals surface area contributed by atoms with Crippen LogP contribution in [0.4, 0.5) is 11.4 Å². The molecule has 7 nitrogen and oxygen atoms in total. The lowest BCUT2D eigenvalue weighted by atomic mass is 9.95. The summed E-state index contributed by atoms with van der Waals surface area (Å²) in [5, 5.41) is 7.85. The molecular weight excluding hydrogens is 566 g/mol. The summed E-state index contributed by atoms with van der Waals surface area (Å²) >= 11 is 12.5. The minimum atomic E-state index is -0.547. The fourth-order valence-corrected chi connectivity index (χ4v) is 6.00. The molecule has 0 radical (unpaired) electrons. The van der Waals surface area contributed by atoms with Crippen molar-refractivity contribution in [3.8, 4) is 11.4 Å². The molecule has 1 fully saturated rings. The average molecular weight is 602 g/mol. The van der Waals surface area contributed by atoms with Gasteiger partial charge < -0.3 is 24.8 Å². The van der Waals surface area contributed by atoms with Crippen LogP contribution < -0.4 is 20.3 Å². The van der Waals surface area contributed by atoms with E-state index in [9.17, 15) is 4.79 Å². The number of aromatic nitrogens is 2. The first kappa shape index (κ1) is 29.6. The maximum absolute atomic E-state index is 12.7. The summed E-state index contributed by atoms with van der Waals surface area (Å²) in [6, 6.07) is 19.4. The van der Waals surface area contributed by atoms with Crippen LogP contribution in [0, 0.1) is 26.2 Å². The molecule has 4 aromatic rings. The van der Waals surface area contributed by atoms with Gasteiger partial charge in [0.05, 0.1) is 30.6 Å². The number of nitrogens with one attached hydrogen (secondary N) is 2. The summed E-state index contributed by atoms with van der Waals surface area (Å²) in [6.07, 6.45) is 1.80. The number of anilines is 2. The number of benzene rings is 2. The number of aryl methyl sites for hydroxylation is 1. The van der Waals surface area contributed by atoms with Crippen molar-refractivity contribution in [2.75, 3.05) is 17.3 Å². The molecule has 2 aromatic heterocycles. The predicted molar refractivity (Wildman–Crippen MR) is 174 cm³/mol. The maximum Gasteiger partial charge on any atom is 0.229 e. The van der Waals surface area contributed by atoms with Gasteiger partial charge in [-0.05, 0) is 86.6 Å². The number of ether oxygens (including phenoxy) is 1. The maximum atomic E-state index is 12.7. The van der Waals surface area contributed by atoms with E-state index in [0.29, 0.717) is 16.5 Å². The first-order valence-corrected chi connectivity index (χ1v) is 14.7. The highest BCUT2D eigenvalue weighted by Gasteiger charge is 2.42. The minimum Gasteiger partial charge on any atom is -0.494 e. The van der Waals surface area contributed by atoms with Crippen LogP contribution in [0.15, 0.2) is 66.9 Å². The molecule has 218 valence electrons. The number of carbonyl (C=O) groups excluding carboxylic acids is 1. The smallest absolute Gasteiger partial charge is 0.229 e. The number of halogens is 1. The van der Waals surface area contributed by atoms with Crippen molar-refractivity contribution in [2.24, 2.45) is 5.41 Å². The van der Waals surface area contributed by atoms with E-state index >= 15 is 0 Å². The van der Waals surface area contributed by atoms with Crippen molar-refractivity contribution in [1.29, 1.82) is 0 Å². The summed E-state index contributed by atoms with van der Waals surface area (Å²) in [7, 11) is 1.60. The molecule has 0 unspecified atom stereocenters. The monoisotopic (exact) mass is 601 g/mol. The van der Waals surface area contributed by atoms with Gasteiger partial charge in [-0.3, -0.25) is 9.78 Å². The van der Waals surface area contributed by atoms with Crippen LogP contribution in [0.2, 0.25) is 5.02 Å². The van der Waals surface area contributed by atoms with Crippen molar-refractivity contribution in [2.45, 2.75) is 53.6 Å². The van der Waals surface area contributed by atoms with Gasteiger partial charge in [0.15, 0.2) is 5.11 Å². The number of hydrogen-bond acceptors (Lipinski definition) is 4. The molecule has 2 aromatic carbocycles. The summed E-state index contributed by atoms with van der Waals surface area (Å²) < 4.78 is 7.99. The molecule has 0 bridgehead atoms. The highest BCUT2D eigenvalue weighted by molar-refractivity contribution is 7.80. The molecule has 1 aliphatic rings. The summed E-state index contributed by atoms with van der Waals surface area (Å²) in [4.78, 5) is 19.6. The molecule has 1 aliphatic heterocycles. The zero-order valence-electron chi connectivity index (χ0n) is 24.9. The van der Waals surface area contributed by atoms with E-state index in [2.05, 4.69) is 46.1 Å². The highest BCUT2D eigenvalue weighted by atomic mass is 35.5. The Morgan fingerprint density at radius 3 is 2.50 bits per heavy atom. The van der Waals surface area contributed by atoms with Crippen LogP contribution in [0.25, 0.3) is 5.69 Å². The van der Waals surface area contributed by atoms with Crippen molar-refractivity contribution in [1.82, 2.24) is 14.9 Å². The Morgan fingerprint density at radius 1 is 1.07 bits per heavy atom. The number of hydrogen-bond donors (Lipinski definition) is 2. The topological polar surface area (TPSA) is 71.4 Å². The van der Waals surface area contributed by atoms with Gasteiger partial charge in [-0.25, -0.2) is 0 Å². The van der Waals surface area contributed by atoms with Crippen molar-refractivity contribution < 1.29 is 9.53 Å². The average Bonchev–Trinajstić information content (AvgIpc) is 3.45. The molecule has 0 aliphatic carbocycles. The molecule has 3 heterocycles. The van der Waals surface area contributed by atoms with Crippen LogP contribution >= 0.6 is 23.8 Å². The van der Waals surface area contributed by atoms with E-state index < -0.39 is 5.41 Å². The summed E-state index contributed by atoms with van der Waals surface area (Å²) in [5.41, 5.74) is 7.12. The standard InChI is InChI=1S/C33H36ClN5O2S/c1-19-17-23(21(3)38(19)27-13-10-11-24(34)20(27)2)30-29(26-12-8-9-16-35-26)37-32(42)39(30)22-14-15-25(28(18-22)41-7)36-31(40)33(4,5)6/h8-18,29-30H,1-7H3,(H,36,40)(H,37,42)/t29-,30+/m1/s1. The largest absolute Gasteiger partial charge is 0.494 e. The van der Waals surface area contributed by atoms with E-state index in [1.807, 2.05) is 76.2 Å². The molecular formula is C33H36ClN5O2S. The highest BCUT2D eigenvalue weighted by Crippen LogP contribution is 2.45. The van der Waals surface area contributed by atoms with Gasteiger partial charge >= 0.3 is 0 Å². The van der Waals surface area contributed by atoms with Crippen LogP contribution in [0.3, 0.4) is 0 Å². The molecule has 1 saturated heterocycles. The van der Waals surface area contributed by atoms with Crippen molar-refractivity contribution in [3.05, 3.63) is 100 Å². The lowest BCUT2D eigenvalue weighted by Gasteiger charge is -2.29. The molecule has 5 rings (SSSR count). The number of pyridine rings is 1. The van der Waals surface area contributed by atoms with Crippen LogP contribution in [0.5, 0.6) is 5.75 Å². The number of methoxy groups -OCH3 is 1. The number of amides is 1. The minimum absolute atomic E-state index is 0.0937. The first-order valence-electron chi connectivity index (χ1n) is 13.9. The van der Waals surface area contributed by atoms with Crippen molar-refractivity contribution >= 4 is 46.2 Å². The van der Waals surface area contributed by atoms with E-state index in [0.717, 1.165) is 44.6 Å². The van der Waals surface area contributed by atoms with Gasteiger partial charge in [0.2, 0.25) is 5.91 Å². The Hall–Kier alpha value is -3.88. The Morgan fingerprint density at radius 2 is 1.83 bits per heavy atom. The third-order valence-corrected chi connectivity index (χ3v) is 8.48. The lowest BCUT2D eigenvalue weighted by Crippen LogP contribution is -2.30. The Bertz CT molecular complexity index is 1660. The fourth-order valence-electron chi connectivity index (χ4n) is 5.49. The summed E-state index contributed by atoms with van der Waals surface area (Å²) in [6.45, 7) is 11.9. The third kappa shape index (κ3) is 5.37. The third-order valence-electron chi connectivity index (χ3n) is 7.76. The molecule has 2 N–H and O–H groups in total. The first-order chi connectivity index (χ1) is 19.9. The molecule has 42 heavy (non-hydrogen) atoms. The fraction of sp³-hybridized carbons (Fsp3) is 0.303. The quantitative estimate of drug-likeness (QED) is 0.222. The van der Waals surface area contributed by atoms with Gasteiger partial charge in [-0.15, -0.1) is 0 Å². The van der Waals surface area contributed by atoms with E-state index in [1.165, 1.54) is 0 Å². The Balaban J connectivity index is 1.64. The van der Waals surface area contributed by atoms with Crippen molar-refractivity contribution in [3.63, 3.8) is 0 Å². The molecule has 0 spiro atoms. The van der Waals surface area contributed by atoms with E-state index in [1.54, 1.807) is 13.3 Å². The summed E-state index contributed by atoms with van der Waals surface area (Å²) in [5.74, 6) is 0.455. The molecule has 9 heteroatoms. The van der Waals surface area contributed by atoms with Crippen LogP contribution in [-0.4, -0.2) is 27.7 Å². The van der Waals surface area contributed by atoms with Crippen LogP contribution in [0.1, 0.15) is 61.1 Å². The second-order valence-corrected chi connectivity index (χ2v) is 12.4. The Labute approximate surface area is 257 Å². The number of nitrogens with zero attached hydrogens (tertiary/aromatic N) is 3. The molecule has 2 atom stereocenters. The number of carbonyl (C=O) groups is 1. The van der Waals surface area contributed by atoms with E-state index in [4.69, 9.17) is 33.5 Å². The van der Waals surface area contributed by atoms with Gasteiger partial charge in [-0.1, -0.05) is 44.5 Å². The number of rotatable bonds is 6. The van der Waals surface area contributed by atoms with Gasteiger partial charge in [-0.2, -0.15) is 0 Å².